The Morgan fingerprint density at radius 1 is 0.508 bits per heavy atom. The standard InChI is InChI=1S/C57H43BN2O/c1-55(2,3)32-26-27-45-37(28-32)38-29-33(56(4,5)6)30-39-51-50-36-18-9-14-25-48(36)61-49(50)31-47-52(51)58(60(45)53(38)39)44-23-15-22-43-54(44)59(47)46-24-13-12-21-42(46)57(43)40-19-10-7-16-34(40)35-17-8-11-20-41(35)57/h7-31H,1-6H3. The minimum absolute atomic E-state index is 0.00465. The Morgan fingerprint density at radius 2 is 1.16 bits per heavy atom. The van der Waals surface area contributed by atoms with Gasteiger partial charge < -0.3 is 13.8 Å². The van der Waals surface area contributed by atoms with Gasteiger partial charge in [-0.3, -0.25) is 0 Å². The average molecular weight is 783 g/mol. The zero-order valence-electron chi connectivity index (χ0n) is 35.3. The first-order valence-electron chi connectivity index (χ1n) is 21.9. The van der Waals surface area contributed by atoms with Crippen LogP contribution in [0, 0.1) is 0 Å². The molecule has 4 heteroatoms. The fourth-order valence-corrected chi connectivity index (χ4v) is 12.2. The maximum absolute atomic E-state index is 6.98. The Kier molecular flexibility index (Phi) is 6.09. The second-order valence-corrected chi connectivity index (χ2v) is 20.0. The maximum Gasteiger partial charge on any atom is 0.333 e. The van der Waals surface area contributed by atoms with Gasteiger partial charge in [-0.1, -0.05) is 151 Å². The molecular weight excluding hydrogens is 739 g/mol. The number of para-hydroxylation sites is 3. The van der Waals surface area contributed by atoms with E-state index in [0.29, 0.717) is 0 Å². The van der Waals surface area contributed by atoms with Gasteiger partial charge in [0.1, 0.15) is 11.2 Å². The van der Waals surface area contributed by atoms with E-state index in [4.69, 9.17) is 4.42 Å². The fourth-order valence-electron chi connectivity index (χ4n) is 12.2. The molecule has 0 radical (unpaired) electrons. The number of aromatic nitrogens is 1. The molecule has 0 unspecified atom stereocenters. The van der Waals surface area contributed by atoms with Crippen LogP contribution in [0.25, 0.3) is 66.0 Å². The van der Waals surface area contributed by atoms with Gasteiger partial charge in [0, 0.05) is 55.6 Å². The summed E-state index contributed by atoms with van der Waals surface area (Å²) in [5.41, 5.74) is 23.5. The van der Waals surface area contributed by atoms with Gasteiger partial charge in [0.25, 0.3) is 0 Å². The first-order chi connectivity index (χ1) is 29.5. The Hall–Kier alpha value is -6.78. The number of nitrogens with zero attached hydrogens (tertiary/aromatic N) is 2. The highest BCUT2D eigenvalue weighted by molar-refractivity contribution is 6.90. The van der Waals surface area contributed by atoms with E-state index in [2.05, 4.69) is 203 Å². The van der Waals surface area contributed by atoms with Crippen LogP contribution in [-0.2, 0) is 16.2 Å². The van der Waals surface area contributed by atoms with Crippen LogP contribution < -0.4 is 15.8 Å². The topological polar surface area (TPSA) is 21.3 Å². The van der Waals surface area contributed by atoms with Crippen molar-refractivity contribution < 1.29 is 4.42 Å². The fraction of sp³-hybridized carbons (Fsp3) is 0.158. The summed E-state index contributed by atoms with van der Waals surface area (Å²) in [5.74, 6) is 0. The molecule has 14 rings (SSSR count). The van der Waals surface area contributed by atoms with Crippen LogP contribution in [0.4, 0.5) is 17.1 Å². The molecule has 3 aliphatic heterocycles. The van der Waals surface area contributed by atoms with Gasteiger partial charge in [-0.25, -0.2) is 0 Å². The summed E-state index contributed by atoms with van der Waals surface area (Å²) in [6.45, 7) is 14.0. The summed E-state index contributed by atoms with van der Waals surface area (Å²) in [6.07, 6.45) is 0. The SMILES string of the molecule is CC(C)(C)c1ccc2c(c1)c1cc(C(C)(C)C)cc3c1n2B1c2cccc4c2N(c2ccccc2C42c4ccccc4-c4ccccc42)c2cc4oc5ccccc5c4c-3c21. The molecule has 0 N–H and O–H groups in total. The smallest absolute Gasteiger partial charge is 0.333 e. The normalized spacial score (nSPS) is 15.1. The van der Waals surface area contributed by atoms with Crippen molar-refractivity contribution in [3.63, 3.8) is 0 Å². The van der Waals surface area contributed by atoms with E-state index < -0.39 is 5.41 Å². The molecule has 0 saturated carbocycles. The van der Waals surface area contributed by atoms with Gasteiger partial charge in [-0.15, -0.1) is 0 Å². The van der Waals surface area contributed by atoms with Crippen LogP contribution in [-0.4, -0.2) is 11.3 Å². The first kappa shape index (κ1) is 34.0. The van der Waals surface area contributed by atoms with Crippen LogP contribution in [0.5, 0.6) is 0 Å². The molecule has 10 aromatic rings. The quantitative estimate of drug-likeness (QED) is 0.143. The van der Waals surface area contributed by atoms with Crippen LogP contribution in [0.2, 0.25) is 0 Å². The molecule has 61 heavy (non-hydrogen) atoms. The molecule has 290 valence electrons. The Morgan fingerprint density at radius 3 is 1.92 bits per heavy atom. The maximum atomic E-state index is 6.98. The lowest BCUT2D eigenvalue weighted by molar-refractivity contribution is 0.590. The second-order valence-electron chi connectivity index (χ2n) is 20.0. The van der Waals surface area contributed by atoms with Crippen molar-refractivity contribution in [2.45, 2.75) is 57.8 Å². The third-order valence-corrected chi connectivity index (χ3v) is 14.8. The largest absolute Gasteiger partial charge is 0.456 e. The summed E-state index contributed by atoms with van der Waals surface area (Å²) in [7, 11) is 0. The van der Waals surface area contributed by atoms with Crippen molar-refractivity contribution in [3.05, 3.63) is 185 Å². The van der Waals surface area contributed by atoms with Gasteiger partial charge in [0.05, 0.1) is 11.1 Å². The molecule has 0 atom stereocenters. The van der Waals surface area contributed by atoms with E-state index in [9.17, 15) is 0 Å². The van der Waals surface area contributed by atoms with Crippen molar-refractivity contribution in [2.75, 3.05) is 4.90 Å². The lowest BCUT2D eigenvalue weighted by atomic mass is 9.43. The molecule has 1 aliphatic carbocycles. The predicted octanol–water partition coefficient (Wildman–Crippen LogP) is 13.4. The van der Waals surface area contributed by atoms with Crippen LogP contribution in [0.3, 0.4) is 0 Å². The molecule has 3 nitrogen and oxygen atoms in total. The van der Waals surface area contributed by atoms with E-state index in [1.165, 1.54) is 116 Å². The van der Waals surface area contributed by atoms with Gasteiger partial charge >= 0.3 is 6.85 Å². The van der Waals surface area contributed by atoms with Crippen LogP contribution >= 0.6 is 0 Å². The van der Waals surface area contributed by atoms with Crippen molar-refractivity contribution in [3.8, 4) is 22.3 Å². The van der Waals surface area contributed by atoms with E-state index >= 15 is 0 Å². The third kappa shape index (κ3) is 3.94. The molecule has 4 aliphatic rings. The van der Waals surface area contributed by atoms with E-state index in [1.54, 1.807) is 0 Å². The lowest BCUT2D eigenvalue weighted by Crippen LogP contribution is -2.58. The Balaban J connectivity index is 1.22. The molecule has 5 heterocycles. The molecule has 0 fully saturated rings. The van der Waals surface area contributed by atoms with Crippen molar-refractivity contribution in [2.24, 2.45) is 0 Å². The van der Waals surface area contributed by atoms with Gasteiger partial charge in [0.2, 0.25) is 0 Å². The number of anilines is 3. The Labute approximate surface area is 356 Å². The molecule has 0 amide bonds. The van der Waals surface area contributed by atoms with Gasteiger partial charge in [-0.2, -0.15) is 0 Å². The first-order valence-corrected chi connectivity index (χ1v) is 21.9. The number of rotatable bonds is 0. The van der Waals surface area contributed by atoms with Crippen molar-refractivity contribution >= 4 is 78.6 Å². The zero-order valence-corrected chi connectivity index (χ0v) is 35.3. The minimum atomic E-state index is -0.501. The zero-order chi connectivity index (χ0) is 40.9. The number of hydrogen-bond acceptors (Lipinski definition) is 2. The number of fused-ring (bicyclic) bond motifs is 20. The summed E-state index contributed by atoms with van der Waals surface area (Å²) >= 11 is 0. The van der Waals surface area contributed by atoms with E-state index in [-0.39, 0.29) is 17.7 Å². The van der Waals surface area contributed by atoms with Crippen LogP contribution in [0.1, 0.15) is 74.9 Å². The molecule has 8 aromatic carbocycles. The number of benzene rings is 8. The lowest BCUT2D eigenvalue weighted by Gasteiger charge is -2.49. The number of hydrogen-bond donors (Lipinski definition) is 0. The monoisotopic (exact) mass is 782 g/mol. The van der Waals surface area contributed by atoms with Crippen molar-refractivity contribution in [1.29, 1.82) is 0 Å². The van der Waals surface area contributed by atoms with E-state index in [1.807, 2.05) is 0 Å². The van der Waals surface area contributed by atoms with Crippen molar-refractivity contribution in [1.82, 2.24) is 4.48 Å². The van der Waals surface area contributed by atoms with Gasteiger partial charge in [-0.05, 0) is 108 Å². The minimum Gasteiger partial charge on any atom is -0.456 e. The highest BCUT2D eigenvalue weighted by Gasteiger charge is 2.55. The molecule has 2 aromatic heterocycles. The molecule has 1 spiro atoms. The summed E-state index contributed by atoms with van der Waals surface area (Å²) in [6, 6.07) is 58.1. The second kappa shape index (κ2) is 10.9. The highest BCUT2D eigenvalue weighted by atomic mass is 16.3. The predicted molar refractivity (Wildman–Crippen MR) is 256 cm³/mol. The highest BCUT2D eigenvalue weighted by Crippen LogP contribution is 2.64. The number of furan rings is 1. The third-order valence-electron chi connectivity index (χ3n) is 14.8. The molecule has 0 bridgehead atoms. The molecular formula is C57H43BN2O. The molecule has 0 saturated heterocycles. The van der Waals surface area contributed by atoms with E-state index in [0.717, 1.165) is 11.2 Å². The summed E-state index contributed by atoms with van der Waals surface area (Å²) in [5, 5.41) is 5.02. The Bertz CT molecular complexity index is 3600. The average Bonchev–Trinajstić information content (AvgIpc) is 3.90. The summed E-state index contributed by atoms with van der Waals surface area (Å²) in [4.78, 5) is 2.62. The van der Waals surface area contributed by atoms with Gasteiger partial charge in [0.15, 0.2) is 0 Å². The van der Waals surface area contributed by atoms with Crippen LogP contribution in [0.15, 0.2) is 156 Å². The summed E-state index contributed by atoms with van der Waals surface area (Å²) < 4.78 is 9.72.